The van der Waals surface area contributed by atoms with E-state index < -0.39 is 15.6 Å². The van der Waals surface area contributed by atoms with Gasteiger partial charge in [-0.3, -0.25) is 0 Å². The summed E-state index contributed by atoms with van der Waals surface area (Å²) in [6.45, 7) is 11.3. The van der Waals surface area contributed by atoms with Crippen LogP contribution in [0.4, 0.5) is 5.69 Å². The molecule has 0 bridgehead atoms. The predicted octanol–water partition coefficient (Wildman–Crippen LogP) is 3.05. The maximum Gasteiger partial charge on any atom is 0.241 e. The highest BCUT2D eigenvalue weighted by atomic mass is 32.2. The van der Waals surface area contributed by atoms with Crippen LogP contribution in [0.3, 0.4) is 0 Å². The zero-order valence-corrected chi connectivity index (χ0v) is 14.1. The first-order valence-electron chi connectivity index (χ1n) is 6.92. The van der Waals surface area contributed by atoms with Gasteiger partial charge in [-0.1, -0.05) is 19.4 Å². The minimum absolute atomic E-state index is 0.310. The minimum Gasteiger partial charge on any atom is -0.398 e. The highest BCUT2D eigenvalue weighted by Gasteiger charge is 2.28. The van der Waals surface area contributed by atoms with Crippen molar-refractivity contribution in [3.63, 3.8) is 0 Å². The third-order valence-electron chi connectivity index (χ3n) is 3.51. The van der Waals surface area contributed by atoms with E-state index in [0.29, 0.717) is 16.1 Å². The van der Waals surface area contributed by atoms with Crippen molar-refractivity contribution >= 4 is 15.7 Å². The van der Waals surface area contributed by atoms with Gasteiger partial charge in [0, 0.05) is 11.2 Å². The van der Waals surface area contributed by atoms with E-state index in [1.807, 2.05) is 33.8 Å². The Morgan fingerprint density at radius 1 is 1.20 bits per heavy atom. The Morgan fingerprint density at radius 3 is 2.25 bits per heavy atom. The molecule has 5 heteroatoms. The quantitative estimate of drug-likeness (QED) is 0.821. The molecular formula is C15H26N2O2S. The van der Waals surface area contributed by atoms with E-state index in [-0.39, 0.29) is 0 Å². The van der Waals surface area contributed by atoms with Crippen molar-refractivity contribution in [3.8, 4) is 0 Å². The zero-order valence-electron chi connectivity index (χ0n) is 13.3. The molecule has 0 saturated heterocycles. The largest absolute Gasteiger partial charge is 0.398 e. The minimum atomic E-state index is -3.57. The summed E-state index contributed by atoms with van der Waals surface area (Å²) in [7, 11) is -3.57. The van der Waals surface area contributed by atoms with Crippen LogP contribution in [-0.4, -0.2) is 14.0 Å². The van der Waals surface area contributed by atoms with Gasteiger partial charge in [-0.25, -0.2) is 13.1 Å². The summed E-state index contributed by atoms with van der Waals surface area (Å²) in [5, 5.41) is 0. The topological polar surface area (TPSA) is 72.2 Å². The number of benzene rings is 1. The molecule has 114 valence electrons. The van der Waals surface area contributed by atoms with Gasteiger partial charge in [0.1, 0.15) is 0 Å². The van der Waals surface area contributed by atoms with Crippen LogP contribution in [0.25, 0.3) is 0 Å². The van der Waals surface area contributed by atoms with Gasteiger partial charge in [0.25, 0.3) is 0 Å². The molecule has 1 rings (SSSR count). The number of sulfonamides is 1. The van der Waals surface area contributed by atoms with Crippen LogP contribution in [0.2, 0.25) is 0 Å². The van der Waals surface area contributed by atoms with E-state index in [1.165, 1.54) is 0 Å². The van der Waals surface area contributed by atoms with Crippen LogP contribution in [-0.2, 0) is 10.0 Å². The van der Waals surface area contributed by atoms with Gasteiger partial charge in [-0.05, 0) is 57.7 Å². The highest BCUT2D eigenvalue weighted by molar-refractivity contribution is 7.89. The van der Waals surface area contributed by atoms with Crippen LogP contribution >= 0.6 is 0 Å². The summed E-state index contributed by atoms with van der Waals surface area (Å²) in [4.78, 5) is 0.310. The van der Waals surface area contributed by atoms with E-state index in [1.54, 1.807) is 13.8 Å². The monoisotopic (exact) mass is 298 g/mol. The van der Waals surface area contributed by atoms with Gasteiger partial charge < -0.3 is 5.73 Å². The van der Waals surface area contributed by atoms with Crippen LogP contribution in [0.15, 0.2) is 11.0 Å². The highest BCUT2D eigenvalue weighted by Crippen LogP contribution is 2.29. The third kappa shape index (κ3) is 3.52. The molecule has 0 heterocycles. The third-order valence-corrected chi connectivity index (χ3v) is 5.50. The second-order valence-electron chi connectivity index (χ2n) is 6.12. The van der Waals surface area contributed by atoms with Gasteiger partial charge in [-0.15, -0.1) is 0 Å². The molecule has 0 aliphatic heterocycles. The van der Waals surface area contributed by atoms with Crippen molar-refractivity contribution in [2.45, 2.75) is 64.8 Å². The number of anilines is 1. The molecule has 1 aromatic rings. The fourth-order valence-corrected chi connectivity index (χ4v) is 4.61. The van der Waals surface area contributed by atoms with Crippen molar-refractivity contribution in [3.05, 3.63) is 22.8 Å². The number of aryl methyl sites for hydroxylation is 2. The maximum atomic E-state index is 12.7. The molecule has 0 aliphatic carbocycles. The molecule has 0 aromatic heterocycles. The first-order valence-corrected chi connectivity index (χ1v) is 8.40. The fraction of sp³-hybridized carbons (Fsp3) is 0.600. The van der Waals surface area contributed by atoms with Crippen molar-refractivity contribution in [1.82, 2.24) is 4.72 Å². The molecule has 0 saturated carbocycles. The second kappa shape index (κ2) is 5.74. The van der Waals surface area contributed by atoms with Gasteiger partial charge in [0.05, 0.1) is 4.90 Å². The zero-order chi connectivity index (χ0) is 15.7. The summed E-state index contributed by atoms with van der Waals surface area (Å²) in [6, 6.07) is 1.82. The van der Waals surface area contributed by atoms with Gasteiger partial charge in [-0.2, -0.15) is 0 Å². The van der Waals surface area contributed by atoms with Crippen LogP contribution in [0.5, 0.6) is 0 Å². The van der Waals surface area contributed by atoms with E-state index in [9.17, 15) is 8.42 Å². The second-order valence-corrected chi connectivity index (χ2v) is 7.74. The molecule has 1 aromatic carbocycles. The maximum absolute atomic E-state index is 12.7. The average molecular weight is 298 g/mol. The van der Waals surface area contributed by atoms with Crippen LogP contribution < -0.4 is 10.5 Å². The van der Waals surface area contributed by atoms with Crippen LogP contribution in [0.1, 0.15) is 50.3 Å². The standard InChI is InChI=1S/C15H26N2O2S/c1-7-8-15(5,6)17-20(18,19)14-11(3)9-10(2)13(16)12(14)4/h9,17H,7-8,16H2,1-6H3. The van der Waals surface area contributed by atoms with E-state index in [2.05, 4.69) is 4.72 Å². The Bertz CT molecular complexity index is 605. The van der Waals surface area contributed by atoms with E-state index >= 15 is 0 Å². The van der Waals surface area contributed by atoms with Crippen LogP contribution in [0, 0.1) is 20.8 Å². The SMILES string of the molecule is CCCC(C)(C)NS(=O)(=O)c1c(C)cc(C)c(N)c1C. The molecule has 0 fully saturated rings. The van der Waals surface area contributed by atoms with Gasteiger partial charge >= 0.3 is 0 Å². The number of rotatable bonds is 5. The summed E-state index contributed by atoms with van der Waals surface area (Å²) in [6.07, 6.45) is 1.70. The number of nitrogens with two attached hydrogens (primary N) is 1. The summed E-state index contributed by atoms with van der Waals surface area (Å²) < 4.78 is 28.1. The van der Waals surface area contributed by atoms with Crippen molar-refractivity contribution in [2.24, 2.45) is 0 Å². The van der Waals surface area contributed by atoms with Gasteiger partial charge in [0.2, 0.25) is 10.0 Å². The molecule has 0 radical (unpaired) electrons. The fourth-order valence-electron chi connectivity index (χ4n) is 2.69. The lowest BCUT2D eigenvalue weighted by Gasteiger charge is -2.27. The lowest BCUT2D eigenvalue weighted by molar-refractivity contribution is 0.417. The molecule has 0 atom stereocenters. The molecule has 0 unspecified atom stereocenters. The average Bonchev–Trinajstić information content (AvgIpc) is 2.23. The normalized spacial score (nSPS) is 12.7. The lowest BCUT2D eigenvalue weighted by Crippen LogP contribution is -2.43. The lowest BCUT2D eigenvalue weighted by atomic mass is 10.0. The van der Waals surface area contributed by atoms with E-state index in [4.69, 9.17) is 5.73 Å². The Morgan fingerprint density at radius 2 is 1.75 bits per heavy atom. The molecule has 3 N–H and O–H groups in total. The number of hydrogen-bond donors (Lipinski definition) is 2. The number of nitrogens with one attached hydrogen (secondary N) is 1. The number of hydrogen-bond acceptors (Lipinski definition) is 3. The Kier molecular flexibility index (Phi) is 4.87. The number of nitrogen functional groups attached to an aromatic ring is 1. The molecular weight excluding hydrogens is 272 g/mol. The smallest absolute Gasteiger partial charge is 0.241 e. The first-order chi connectivity index (χ1) is 9.02. The van der Waals surface area contributed by atoms with E-state index in [0.717, 1.165) is 24.0 Å². The summed E-state index contributed by atoms with van der Waals surface area (Å²) in [5.41, 5.74) is 8.32. The molecule has 0 spiro atoms. The van der Waals surface area contributed by atoms with Gasteiger partial charge in [0.15, 0.2) is 0 Å². The summed E-state index contributed by atoms with van der Waals surface area (Å²) in [5.74, 6) is 0. The van der Waals surface area contributed by atoms with Crippen molar-refractivity contribution in [1.29, 1.82) is 0 Å². The summed E-state index contributed by atoms with van der Waals surface area (Å²) >= 11 is 0. The first kappa shape index (κ1) is 17.0. The Balaban J connectivity index is 3.34. The molecule has 0 amide bonds. The molecule has 20 heavy (non-hydrogen) atoms. The molecule has 4 nitrogen and oxygen atoms in total. The van der Waals surface area contributed by atoms with Crippen molar-refractivity contribution in [2.75, 3.05) is 5.73 Å². The molecule has 0 aliphatic rings. The predicted molar refractivity (Wildman–Crippen MR) is 84.4 cm³/mol. The van der Waals surface area contributed by atoms with Crippen molar-refractivity contribution < 1.29 is 8.42 Å². The Labute approximate surface area is 122 Å². The Hall–Kier alpha value is -1.07.